The fraction of sp³-hybridized carbons (Fsp3) is 1.00. The van der Waals surface area contributed by atoms with Gasteiger partial charge in [-0.05, 0) is 19.8 Å². The van der Waals surface area contributed by atoms with Gasteiger partial charge in [-0.2, -0.15) is 0 Å². The maximum Gasteiger partial charge on any atom is 0.0241 e. The van der Waals surface area contributed by atoms with Crippen LogP contribution in [0.15, 0.2) is 0 Å². The third-order valence-corrected chi connectivity index (χ3v) is 5.17. The molecular weight excluding hydrogens is 136 g/mol. The monoisotopic (exact) mass is 148 g/mol. The van der Waals surface area contributed by atoms with Crippen LogP contribution in [0.1, 0.15) is 26.7 Å². The quantitative estimate of drug-likeness (QED) is 0.524. The molecule has 0 unspecified atom stereocenters. The molecule has 1 saturated heterocycles. The molecular formula is C6H12S2. The van der Waals surface area contributed by atoms with Crippen molar-refractivity contribution >= 4 is 21.6 Å². The highest BCUT2D eigenvalue weighted by Crippen LogP contribution is 2.48. The van der Waals surface area contributed by atoms with E-state index >= 15 is 0 Å². The van der Waals surface area contributed by atoms with Gasteiger partial charge in [0.1, 0.15) is 0 Å². The first-order chi connectivity index (χ1) is 3.77. The standard InChI is InChI=1S/C6H12S2/c1-3-6(2)4-5-7-8-6/h3-5H2,1-2H3/t6-/m0/s1. The molecule has 48 valence electrons. The SMILES string of the molecule is CC[C@@]1(C)CCSS1. The largest absolute Gasteiger partial charge is 0.0935 e. The maximum atomic E-state index is 2.36. The van der Waals surface area contributed by atoms with Crippen LogP contribution in [0.25, 0.3) is 0 Å². The molecule has 2 heteroatoms. The summed E-state index contributed by atoms with van der Waals surface area (Å²) < 4.78 is 0.616. The van der Waals surface area contributed by atoms with E-state index in [1.54, 1.807) is 0 Å². The predicted molar refractivity (Wildman–Crippen MR) is 43.4 cm³/mol. The second-order valence-electron chi connectivity index (χ2n) is 2.46. The van der Waals surface area contributed by atoms with Crippen LogP contribution in [0.2, 0.25) is 0 Å². The van der Waals surface area contributed by atoms with Crippen molar-refractivity contribution in [3.05, 3.63) is 0 Å². The first-order valence-corrected chi connectivity index (χ1v) is 5.39. The molecule has 0 nitrogen and oxygen atoms in total. The van der Waals surface area contributed by atoms with Crippen LogP contribution in [-0.2, 0) is 0 Å². The van der Waals surface area contributed by atoms with Crippen LogP contribution in [0.4, 0.5) is 0 Å². The molecule has 1 atom stereocenters. The van der Waals surface area contributed by atoms with Gasteiger partial charge in [-0.3, -0.25) is 0 Å². The third-order valence-electron chi connectivity index (χ3n) is 1.72. The van der Waals surface area contributed by atoms with E-state index in [2.05, 4.69) is 24.6 Å². The fourth-order valence-electron chi connectivity index (χ4n) is 0.719. The zero-order chi connectivity index (χ0) is 6.04. The minimum atomic E-state index is 0.616. The Bertz CT molecular complexity index is 74.6. The predicted octanol–water partition coefficient (Wildman–Crippen LogP) is 2.94. The van der Waals surface area contributed by atoms with Gasteiger partial charge in [-0.1, -0.05) is 28.5 Å². The highest BCUT2D eigenvalue weighted by atomic mass is 33.1. The summed E-state index contributed by atoms with van der Waals surface area (Å²) in [6.07, 6.45) is 2.73. The molecule has 0 amide bonds. The fourth-order valence-corrected chi connectivity index (χ4v) is 4.01. The molecule has 0 bridgehead atoms. The Morgan fingerprint density at radius 1 is 1.62 bits per heavy atom. The molecule has 0 aromatic rings. The third kappa shape index (κ3) is 1.35. The van der Waals surface area contributed by atoms with Gasteiger partial charge in [0.15, 0.2) is 0 Å². The molecule has 0 aliphatic carbocycles. The van der Waals surface area contributed by atoms with Gasteiger partial charge in [0, 0.05) is 10.5 Å². The summed E-state index contributed by atoms with van der Waals surface area (Å²) in [4.78, 5) is 0. The van der Waals surface area contributed by atoms with E-state index < -0.39 is 0 Å². The molecule has 1 heterocycles. The van der Waals surface area contributed by atoms with Crippen molar-refractivity contribution in [1.82, 2.24) is 0 Å². The Hall–Kier alpha value is 0.700. The molecule has 1 aliphatic heterocycles. The van der Waals surface area contributed by atoms with Crippen molar-refractivity contribution in [2.75, 3.05) is 5.75 Å². The number of hydrogen-bond acceptors (Lipinski definition) is 2. The van der Waals surface area contributed by atoms with E-state index in [4.69, 9.17) is 0 Å². The maximum absolute atomic E-state index is 2.36. The summed E-state index contributed by atoms with van der Waals surface area (Å²) in [5.41, 5.74) is 0. The van der Waals surface area contributed by atoms with E-state index in [0.29, 0.717) is 4.75 Å². The number of rotatable bonds is 1. The number of hydrogen-bond donors (Lipinski definition) is 0. The van der Waals surface area contributed by atoms with E-state index in [1.807, 2.05) is 10.8 Å². The minimum absolute atomic E-state index is 0.616. The van der Waals surface area contributed by atoms with Gasteiger partial charge in [0.05, 0.1) is 0 Å². The lowest BCUT2D eigenvalue weighted by Crippen LogP contribution is -2.12. The van der Waals surface area contributed by atoms with E-state index in [9.17, 15) is 0 Å². The second-order valence-corrected chi connectivity index (χ2v) is 5.46. The molecule has 8 heavy (non-hydrogen) atoms. The zero-order valence-electron chi connectivity index (χ0n) is 5.44. The lowest BCUT2D eigenvalue weighted by atomic mass is 10.1. The van der Waals surface area contributed by atoms with Gasteiger partial charge < -0.3 is 0 Å². The smallest absolute Gasteiger partial charge is 0.0241 e. The Kier molecular flexibility index (Phi) is 2.15. The summed E-state index contributed by atoms with van der Waals surface area (Å²) in [6.45, 7) is 4.64. The van der Waals surface area contributed by atoms with Gasteiger partial charge in [0.25, 0.3) is 0 Å². The van der Waals surface area contributed by atoms with Crippen molar-refractivity contribution in [1.29, 1.82) is 0 Å². The summed E-state index contributed by atoms with van der Waals surface area (Å²) in [7, 11) is 4.08. The highest BCUT2D eigenvalue weighted by Gasteiger charge is 2.27. The highest BCUT2D eigenvalue weighted by molar-refractivity contribution is 8.77. The van der Waals surface area contributed by atoms with Crippen molar-refractivity contribution in [3.63, 3.8) is 0 Å². The topological polar surface area (TPSA) is 0 Å². The molecule has 0 N–H and O–H groups in total. The summed E-state index contributed by atoms with van der Waals surface area (Å²) >= 11 is 0. The van der Waals surface area contributed by atoms with Crippen LogP contribution in [0.3, 0.4) is 0 Å². The lowest BCUT2D eigenvalue weighted by Gasteiger charge is -2.17. The molecule has 0 aromatic carbocycles. The Labute approximate surface area is 59.2 Å². The Balaban J connectivity index is 2.40. The van der Waals surface area contributed by atoms with Crippen LogP contribution in [0.5, 0.6) is 0 Å². The van der Waals surface area contributed by atoms with Gasteiger partial charge in [-0.15, -0.1) is 0 Å². The van der Waals surface area contributed by atoms with Crippen molar-refractivity contribution in [2.24, 2.45) is 0 Å². The average Bonchev–Trinajstić information content (AvgIpc) is 2.17. The molecule has 1 rings (SSSR count). The van der Waals surface area contributed by atoms with Gasteiger partial charge in [0.2, 0.25) is 0 Å². The minimum Gasteiger partial charge on any atom is -0.0935 e. The first-order valence-electron chi connectivity index (χ1n) is 3.07. The van der Waals surface area contributed by atoms with Gasteiger partial charge in [-0.25, -0.2) is 0 Å². The molecule has 0 saturated carbocycles. The molecule has 0 radical (unpaired) electrons. The zero-order valence-corrected chi connectivity index (χ0v) is 7.07. The summed E-state index contributed by atoms with van der Waals surface area (Å²) in [6, 6.07) is 0. The molecule has 1 fully saturated rings. The normalized spacial score (nSPS) is 38.2. The summed E-state index contributed by atoms with van der Waals surface area (Å²) in [5, 5.41) is 0. The van der Waals surface area contributed by atoms with E-state index in [0.717, 1.165) is 0 Å². The van der Waals surface area contributed by atoms with Crippen molar-refractivity contribution in [3.8, 4) is 0 Å². The molecule has 0 spiro atoms. The van der Waals surface area contributed by atoms with Crippen LogP contribution in [-0.4, -0.2) is 10.5 Å². The second kappa shape index (κ2) is 2.53. The van der Waals surface area contributed by atoms with E-state index in [-0.39, 0.29) is 0 Å². The molecule has 0 aromatic heterocycles. The van der Waals surface area contributed by atoms with Crippen LogP contribution in [0, 0.1) is 0 Å². The van der Waals surface area contributed by atoms with E-state index in [1.165, 1.54) is 18.6 Å². The van der Waals surface area contributed by atoms with Crippen molar-refractivity contribution in [2.45, 2.75) is 31.4 Å². The summed E-state index contributed by atoms with van der Waals surface area (Å²) in [5.74, 6) is 1.36. The molecule has 1 aliphatic rings. The Morgan fingerprint density at radius 3 is 2.62 bits per heavy atom. The van der Waals surface area contributed by atoms with Crippen LogP contribution < -0.4 is 0 Å². The van der Waals surface area contributed by atoms with Crippen molar-refractivity contribution < 1.29 is 0 Å². The van der Waals surface area contributed by atoms with Crippen LogP contribution >= 0.6 is 21.6 Å². The average molecular weight is 148 g/mol. The lowest BCUT2D eigenvalue weighted by molar-refractivity contribution is 0.615. The Morgan fingerprint density at radius 2 is 2.38 bits per heavy atom. The van der Waals surface area contributed by atoms with Gasteiger partial charge >= 0.3 is 0 Å². The first kappa shape index (κ1) is 6.81.